The number of aryl methyl sites for hydroxylation is 1. The maximum absolute atomic E-state index is 12.4. The molecule has 120 valence electrons. The Balaban J connectivity index is 1.69. The summed E-state index contributed by atoms with van der Waals surface area (Å²) in [5.74, 6) is 0.0336. The predicted octanol–water partition coefficient (Wildman–Crippen LogP) is 0.908. The standard InChI is InChI=1S/C15H17N5O2S/c1-10-9-12(18-23-10)15(22)20-7-5-19(6-8-20)14-11(13(16)21)3-2-4-17-14/h2-4,9H,5-8H2,1H3,(H2,16,21). The number of rotatable bonds is 3. The van der Waals surface area contributed by atoms with Crippen LogP contribution in [0.15, 0.2) is 24.4 Å². The van der Waals surface area contributed by atoms with E-state index in [0.29, 0.717) is 43.3 Å². The Morgan fingerprint density at radius 1 is 1.26 bits per heavy atom. The van der Waals surface area contributed by atoms with Crippen LogP contribution in [-0.2, 0) is 0 Å². The van der Waals surface area contributed by atoms with Crippen LogP contribution in [0, 0.1) is 6.92 Å². The number of aromatic nitrogens is 2. The molecule has 0 radical (unpaired) electrons. The van der Waals surface area contributed by atoms with Gasteiger partial charge >= 0.3 is 0 Å². The van der Waals surface area contributed by atoms with Crippen molar-refractivity contribution in [2.75, 3.05) is 31.1 Å². The SMILES string of the molecule is Cc1cc(C(=O)N2CCN(c3ncccc3C(N)=O)CC2)ns1. The lowest BCUT2D eigenvalue weighted by molar-refractivity contribution is 0.0741. The highest BCUT2D eigenvalue weighted by Gasteiger charge is 2.26. The smallest absolute Gasteiger partial charge is 0.273 e. The van der Waals surface area contributed by atoms with Gasteiger partial charge in [0.05, 0.1) is 5.56 Å². The van der Waals surface area contributed by atoms with Gasteiger partial charge in [-0.3, -0.25) is 9.59 Å². The van der Waals surface area contributed by atoms with E-state index in [1.165, 1.54) is 11.5 Å². The third-order valence-electron chi connectivity index (χ3n) is 3.77. The highest BCUT2D eigenvalue weighted by molar-refractivity contribution is 7.05. The van der Waals surface area contributed by atoms with E-state index in [9.17, 15) is 9.59 Å². The quantitative estimate of drug-likeness (QED) is 0.902. The van der Waals surface area contributed by atoms with E-state index in [0.717, 1.165) is 4.88 Å². The molecule has 7 nitrogen and oxygen atoms in total. The summed E-state index contributed by atoms with van der Waals surface area (Å²) in [7, 11) is 0. The van der Waals surface area contributed by atoms with Gasteiger partial charge in [-0.05, 0) is 36.7 Å². The molecule has 2 amide bonds. The second-order valence-corrected chi connectivity index (χ2v) is 6.35. The fraction of sp³-hybridized carbons (Fsp3) is 0.333. The van der Waals surface area contributed by atoms with E-state index < -0.39 is 5.91 Å². The summed E-state index contributed by atoms with van der Waals surface area (Å²) in [6.45, 7) is 4.26. The first kappa shape index (κ1) is 15.4. The summed E-state index contributed by atoms with van der Waals surface area (Å²) < 4.78 is 4.17. The molecule has 0 bridgehead atoms. The molecular formula is C15H17N5O2S. The second-order valence-electron chi connectivity index (χ2n) is 5.34. The number of hydrogen-bond acceptors (Lipinski definition) is 6. The number of piperazine rings is 1. The van der Waals surface area contributed by atoms with Crippen LogP contribution < -0.4 is 10.6 Å². The van der Waals surface area contributed by atoms with Crippen LogP contribution in [0.1, 0.15) is 25.7 Å². The van der Waals surface area contributed by atoms with Crippen molar-refractivity contribution in [1.29, 1.82) is 0 Å². The number of primary amides is 1. The molecule has 1 aliphatic heterocycles. The van der Waals surface area contributed by atoms with Gasteiger partial charge in [-0.15, -0.1) is 0 Å². The minimum Gasteiger partial charge on any atom is -0.365 e. The van der Waals surface area contributed by atoms with Crippen molar-refractivity contribution >= 4 is 29.2 Å². The van der Waals surface area contributed by atoms with Crippen molar-refractivity contribution in [1.82, 2.24) is 14.3 Å². The summed E-state index contributed by atoms with van der Waals surface area (Å²) in [6.07, 6.45) is 1.64. The third-order valence-corrected chi connectivity index (χ3v) is 4.46. The zero-order valence-electron chi connectivity index (χ0n) is 12.7. The van der Waals surface area contributed by atoms with Crippen molar-refractivity contribution < 1.29 is 9.59 Å². The number of anilines is 1. The van der Waals surface area contributed by atoms with Gasteiger partial charge < -0.3 is 15.5 Å². The van der Waals surface area contributed by atoms with E-state index in [2.05, 4.69) is 9.36 Å². The Hall–Kier alpha value is -2.48. The summed E-state index contributed by atoms with van der Waals surface area (Å²) in [5, 5.41) is 0. The van der Waals surface area contributed by atoms with Gasteiger partial charge in [-0.2, -0.15) is 4.37 Å². The molecule has 3 rings (SSSR count). The van der Waals surface area contributed by atoms with Crippen LogP contribution in [-0.4, -0.2) is 52.3 Å². The summed E-state index contributed by atoms with van der Waals surface area (Å²) in [6, 6.07) is 5.16. The number of carbonyl (C=O) groups excluding carboxylic acids is 2. The summed E-state index contributed by atoms with van der Waals surface area (Å²) in [4.78, 5) is 32.9. The summed E-state index contributed by atoms with van der Waals surface area (Å²) >= 11 is 1.33. The minimum absolute atomic E-state index is 0.0508. The maximum atomic E-state index is 12.4. The van der Waals surface area contributed by atoms with E-state index in [-0.39, 0.29) is 5.91 Å². The zero-order valence-corrected chi connectivity index (χ0v) is 13.5. The van der Waals surface area contributed by atoms with E-state index in [1.807, 2.05) is 17.9 Å². The Labute approximate surface area is 137 Å². The Kier molecular flexibility index (Phi) is 4.24. The molecular weight excluding hydrogens is 314 g/mol. The number of amides is 2. The third kappa shape index (κ3) is 3.16. The molecule has 0 spiro atoms. The van der Waals surface area contributed by atoms with Crippen molar-refractivity contribution in [3.05, 3.63) is 40.5 Å². The van der Waals surface area contributed by atoms with Crippen LogP contribution in [0.3, 0.4) is 0 Å². The fourth-order valence-corrected chi connectivity index (χ4v) is 3.13. The van der Waals surface area contributed by atoms with Gasteiger partial charge in [0, 0.05) is 37.3 Å². The lowest BCUT2D eigenvalue weighted by Gasteiger charge is -2.35. The number of pyridine rings is 1. The van der Waals surface area contributed by atoms with Crippen LogP contribution in [0.4, 0.5) is 5.82 Å². The number of carbonyl (C=O) groups is 2. The van der Waals surface area contributed by atoms with Crippen molar-refractivity contribution in [3.8, 4) is 0 Å². The average molecular weight is 331 g/mol. The van der Waals surface area contributed by atoms with Gasteiger partial charge in [0.25, 0.3) is 11.8 Å². The maximum Gasteiger partial charge on any atom is 0.273 e. The van der Waals surface area contributed by atoms with Crippen LogP contribution >= 0.6 is 11.5 Å². The molecule has 1 fully saturated rings. The van der Waals surface area contributed by atoms with Gasteiger partial charge in [-0.25, -0.2) is 4.98 Å². The molecule has 0 unspecified atom stereocenters. The zero-order chi connectivity index (χ0) is 16.4. The molecule has 0 atom stereocenters. The molecule has 2 N–H and O–H groups in total. The minimum atomic E-state index is -0.496. The molecule has 0 aromatic carbocycles. The lowest BCUT2D eigenvalue weighted by atomic mass is 10.2. The van der Waals surface area contributed by atoms with Crippen LogP contribution in [0.2, 0.25) is 0 Å². The number of hydrogen-bond donors (Lipinski definition) is 1. The largest absolute Gasteiger partial charge is 0.365 e. The number of nitrogens with zero attached hydrogens (tertiary/aromatic N) is 4. The first-order valence-corrected chi connectivity index (χ1v) is 8.06. The molecule has 2 aromatic heterocycles. The molecule has 1 aliphatic rings. The van der Waals surface area contributed by atoms with Crippen molar-refractivity contribution in [2.45, 2.75) is 6.92 Å². The number of nitrogens with two attached hydrogens (primary N) is 1. The first-order valence-electron chi connectivity index (χ1n) is 7.28. The first-order chi connectivity index (χ1) is 11.1. The average Bonchev–Trinajstić information content (AvgIpc) is 3.01. The molecule has 0 aliphatic carbocycles. The van der Waals surface area contributed by atoms with E-state index >= 15 is 0 Å². The molecule has 3 heterocycles. The summed E-state index contributed by atoms with van der Waals surface area (Å²) in [5.41, 5.74) is 6.30. The van der Waals surface area contributed by atoms with Crippen molar-refractivity contribution in [3.63, 3.8) is 0 Å². The molecule has 8 heteroatoms. The van der Waals surface area contributed by atoms with Crippen LogP contribution in [0.25, 0.3) is 0 Å². The Morgan fingerprint density at radius 2 is 2.00 bits per heavy atom. The van der Waals surface area contributed by atoms with Crippen molar-refractivity contribution in [2.24, 2.45) is 5.73 Å². The molecule has 23 heavy (non-hydrogen) atoms. The topological polar surface area (TPSA) is 92.4 Å². The van der Waals surface area contributed by atoms with Gasteiger partial charge in [0.15, 0.2) is 0 Å². The fourth-order valence-electron chi connectivity index (χ4n) is 2.59. The Morgan fingerprint density at radius 3 is 2.61 bits per heavy atom. The monoisotopic (exact) mass is 331 g/mol. The molecule has 1 saturated heterocycles. The van der Waals surface area contributed by atoms with Crippen LogP contribution in [0.5, 0.6) is 0 Å². The van der Waals surface area contributed by atoms with E-state index in [1.54, 1.807) is 23.2 Å². The van der Waals surface area contributed by atoms with Gasteiger partial charge in [-0.1, -0.05) is 0 Å². The molecule has 0 saturated carbocycles. The normalized spacial score (nSPS) is 14.8. The molecule has 2 aromatic rings. The van der Waals surface area contributed by atoms with Gasteiger partial charge in [0.2, 0.25) is 0 Å². The van der Waals surface area contributed by atoms with E-state index in [4.69, 9.17) is 5.73 Å². The van der Waals surface area contributed by atoms with Gasteiger partial charge in [0.1, 0.15) is 11.5 Å². The second kappa shape index (κ2) is 6.33. The highest BCUT2D eigenvalue weighted by Crippen LogP contribution is 2.19. The highest BCUT2D eigenvalue weighted by atomic mass is 32.1. The predicted molar refractivity (Wildman–Crippen MR) is 87.7 cm³/mol. The lowest BCUT2D eigenvalue weighted by Crippen LogP contribution is -2.49. The Bertz CT molecular complexity index is 737.